The van der Waals surface area contributed by atoms with Crippen LogP contribution in [0.1, 0.15) is 71.9 Å². The van der Waals surface area contributed by atoms with E-state index in [1.165, 1.54) is 16.1 Å². The van der Waals surface area contributed by atoms with Crippen molar-refractivity contribution in [2.75, 3.05) is 10.6 Å². The molecule has 35 heavy (non-hydrogen) atoms. The first-order valence-electron chi connectivity index (χ1n) is 11.8. The van der Waals surface area contributed by atoms with E-state index >= 15 is 0 Å². The number of hydrogen-bond acceptors (Lipinski definition) is 3. The van der Waals surface area contributed by atoms with Gasteiger partial charge in [-0.2, -0.15) is 0 Å². The van der Waals surface area contributed by atoms with Crippen LogP contribution in [-0.2, 0) is 22.0 Å². The lowest BCUT2D eigenvalue weighted by atomic mass is 9.86. The molecule has 0 fully saturated rings. The van der Waals surface area contributed by atoms with E-state index in [1.807, 2.05) is 39.0 Å². The Morgan fingerprint density at radius 3 is 2.03 bits per heavy atom. The molecule has 0 saturated heterocycles. The highest BCUT2D eigenvalue weighted by Crippen LogP contribution is 2.25. The number of amides is 1. The summed E-state index contributed by atoms with van der Waals surface area (Å²) in [4.78, 5) is 12.8. The average Bonchev–Trinajstić information content (AvgIpc) is 2.78. The van der Waals surface area contributed by atoms with Gasteiger partial charge in [0.15, 0.2) is 0 Å². The van der Waals surface area contributed by atoms with Crippen molar-refractivity contribution in [1.82, 2.24) is 5.32 Å². The lowest BCUT2D eigenvalue weighted by Gasteiger charge is -2.23. The van der Waals surface area contributed by atoms with E-state index < -0.39 is 10.0 Å². The van der Waals surface area contributed by atoms with Crippen molar-refractivity contribution in [3.05, 3.63) is 100 Å². The van der Waals surface area contributed by atoms with Crippen molar-refractivity contribution in [3.8, 4) is 0 Å². The molecule has 0 unspecified atom stereocenters. The van der Waals surface area contributed by atoms with Crippen LogP contribution in [0.15, 0.2) is 66.7 Å². The van der Waals surface area contributed by atoms with Crippen LogP contribution < -0.4 is 9.62 Å². The number of rotatable bonds is 7. The van der Waals surface area contributed by atoms with E-state index in [9.17, 15) is 13.2 Å². The number of carbonyl (C=O) groups excluding carboxylic acids is 1. The van der Waals surface area contributed by atoms with E-state index in [2.05, 4.69) is 50.4 Å². The Hall–Kier alpha value is -3.12. The van der Waals surface area contributed by atoms with Crippen LogP contribution >= 0.6 is 0 Å². The van der Waals surface area contributed by atoms with E-state index in [1.54, 1.807) is 24.3 Å². The monoisotopic (exact) mass is 492 g/mol. The van der Waals surface area contributed by atoms with Gasteiger partial charge < -0.3 is 5.32 Å². The normalized spacial score (nSPS) is 12.8. The minimum Gasteiger partial charge on any atom is -0.346 e. The second-order valence-corrected chi connectivity index (χ2v) is 12.2. The van der Waals surface area contributed by atoms with Gasteiger partial charge in [-0.25, -0.2) is 8.42 Å². The summed E-state index contributed by atoms with van der Waals surface area (Å²) in [7, 11) is -3.48. The molecule has 0 aromatic heterocycles. The van der Waals surface area contributed by atoms with Crippen LogP contribution in [0.5, 0.6) is 0 Å². The van der Waals surface area contributed by atoms with Crippen LogP contribution in [-0.4, -0.2) is 20.6 Å². The second kappa shape index (κ2) is 10.2. The summed E-state index contributed by atoms with van der Waals surface area (Å²) in [5, 5.41) is 3.05. The Kier molecular flexibility index (Phi) is 7.75. The predicted octanol–water partition coefficient (Wildman–Crippen LogP) is 6.06. The van der Waals surface area contributed by atoms with Gasteiger partial charge in [-0.05, 0) is 78.3 Å². The van der Waals surface area contributed by atoms with Gasteiger partial charge >= 0.3 is 0 Å². The highest BCUT2D eigenvalue weighted by atomic mass is 32.2. The van der Waals surface area contributed by atoms with Crippen molar-refractivity contribution in [2.24, 2.45) is 0 Å². The third kappa shape index (κ3) is 6.73. The summed E-state index contributed by atoms with van der Waals surface area (Å²) in [5.74, 6) is -0.168. The molecule has 3 aromatic rings. The number of nitrogens with zero attached hydrogens (tertiary/aromatic N) is 1. The average molecular weight is 493 g/mol. The third-order valence-corrected chi connectivity index (χ3v) is 7.49. The third-order valence-electron chi connectivity index (χ3n) is 6.35. The fourth-order valence-electron chi connectivity index (χ4n) is 3.84. The quantitative estimate of drug-likeness (QED) is 0.436. The van der Waals surface area contributed by atoms with Gasteiger partial charge in [0.05, 0.1) is 24.5 Å². The van der Waals surface area contributed by atoms with E-state index in [0.717, 1.165) is 22.3 Å². The number of hydrogen-bond donors (Lipinski definition) is 1. The minimum atomic E-state index is -3.48. The van der Waals surface area contributed by atoms with Crippen LogP contribution in [0.2, 0.25) is 0 Å². The molecule has 0 aliphatic heterocycles. The maximum atomic E-state index is 12.8. The lowest BCUT2D eigenvalue weighted by molar-refractivity contribution is 0.0940. The predicted molar refractivity (Wildman–Crippen MR) is 144 cm³/mol. The maximum Gasteiger partial charge on any atom is 0.251 e. The molecule has 3 aromatic carbocycles. The molecule has 3 rings (SSSR count). The highest BCUT2D eigenvalue weighted by molar-refractivity contribution is 7.92. The lowest BCUT2D eigenvalue weighted by Crippen LogP contribution is -2.29. The van der Waals surface area contributed by atoms with E-state index in [0.29, 0.717) is 11.3 Å². The summed E-state index contributed by atoms with van der Waals surface area (Å²) in [6, 6.07) is 20.9. The van der Waals surface area contributed by atoms with Gasteiger partial charge in [-0.3, -0.25) is 9.10 Å². The van der Waals surface area contributed by atoms with Crippen molar-refractivity contribution in [2.45, 2.75) is 59.5 Å². The number of aryl methyl sites for hydroxylation is 2. The molecule has 5 nitrogen and oxygen atoms in total. The number of sulfonamides is 1. The summed E-state index contributed by atoms with van der Waals surface area (Å²) in [5.41, 5.74) is 6.48. The number of benzene rings is 3. The Morgan fingerprint density at radius 1 is 0.914 bits per heavy atom. The summed E-state index contributed by atoms with van der Waals surface area (Å²) >= 11 is 0. The molecule has 0 aliphatic rings. The molecular formula is C29H36N2O3S. The minimum absolute atomic E-state index is 0.0811. The molecule has 0 aliphatic carbocycles. The van der Waals surface area contributed by atoms with Crippen molar-refractivity contribution in [3.63, 3.8) is 0 Å². The number of nitrogens with one attached hydrogen (secondary N) is 1. The van der Waals surface area contributed by atoms with Gasteiger partial charge in [0, 0.05) is 5.56 Å². The van der Waals surface area contributed by atoms with Crippen LogP contribution in [0, 0.1) is 13.8 Å². The highest BCUT2D eigenvalue weighted by Gasteiger charge is 2.19. The molecule has 6 heteroatoms. The molecule has 0 bridgehead atoms. The molecule has 0 heterocycles. The summed E-state index contributed by atoms with van der Waals surface area (Å²) in [6.45, 7) is 12.6. The fourth-order valence-corrected chi connectivity index (χ4v) is 4.72. The Morgan fingerprint density at radius 2 is 1.51 bits per heavy atom. The number of anilines is 1. The van der Waals surface area contributed by atoms with Gasteiger partial charge in [0.1, 0.15) is 0 Å². The molecule has 186 valence electrons. The first-order valence-corrected chi connectivity index (χ1v) is 13.7. The largest absolute Gasteiger partial charge is 0.346 e. The molecule has 0 spiro atoms. The van der Waals surface area contributed by atoms with E-state index in [-0.39, 0.29) is 23.9 Å². The zero-order chi connectivity index (χ0) is 26.0. The topological polar surface area (TPSA) is 66.5 Å². The van der Waals surface area contributed by atoms with Gasteiger partial charge in [-0.1, -0.05) is 63.2 Å². The van der Waals surface area contributed by atoms with E-state index in [4.69, 9.17) is 0 Å². The summed E-state index contributed by atoms with van der Waals surface area (Å²) in [6.07, 6.45) is 1.21. The molecule has 1 atom stereocenters. The molecule has 1 N–H and O–H groups in total. The Bertz CT molecular complexity index is 1290. The maximum absolute atomic E-state index is 12.8. The molecule has 1 amide bonds. The Balaban J connectivity index is 1.71. The first kappa shape index (κ1) is 26.5. The zero-order valence-electron chi connectivity index (χ0n) is 21.7. The van der Waals surface area contributed by atoms with Crippen LogP contribution in [0.3, 0.4) is 0 Å². The van der Waals surface area contributed by atoms with Crippen LogP contribution in [0.25, 0.3) is 0 Å². The standard InChI is InChI=1S/C29H36N2O3S/c1-20-8-17-27(18-21(20)2)31(35(7,33)34)19-23-9-11-25(12-10-23)28(32)30-22(3)24-13-15-26(16-14-24)29(4,5)6/h8-18,22H,19H2,1-7H3,(H,30,32)/t22-/m0/s1. The van der Waals surface area contributed by atoms with Crippen molar-refractivity contribution >= 4 is 21.6 Å². The fraction of sp³-hybridized carbons (Fsp3) is 0.345. The van der Waals surface area contributed by atoms with Crippen molar-refractivity contribution < 1.29 is 13.2 Å². The SMILES string of the molecule is Cc1ccc(N(Cc2ccc(C(=O)N[C@@H](C)c3ccc(C(C)(C)C)cc3)cc2)S(C)(=O)=O)cc1C. The summed E-state index contributed by atoms with van der Waals surface area (Å²) < 4.78 is 26.4. The van der Waals surface area contributed by atoms with Gasteiger partial charge in [0.25, 0.3) is 5.91 Å². The zero-order valence-corrected chi connectivity index (χ0v) is 22.5. The second-order valence-electron chi connectivity index (χ2n) is 10.3. The molecular weight excluding hydrogens is 456 g/mol. The molecule has 0 radical (unpaired) electrons. The Labute approximate surface area is 210 Å². The first-order chi connectivity index (χ1) is 16.3. The smallest absolute Gasteiger partial charge is 0.251 e. The van der Waals surface area contributed by atoms with Gasteiger partial charge in [0.2, 0.25) is 10.0 Å². The van der Waals surface area contributed by atoms with Gasteiger partial charge in [-0.15, -0.1) is 0 Å². The van der Waals surface area contributed by atoms with Crippen molar-refractivity contribution in [1.29, 1.82) is 0 Å². The molecule has 0 saturated carbocycles. The number of carbonyl (C=O) groups is 1. The van der Waals surface area contributed by atoms with Crippen LogP contribution in [0.4, 0.5) is 5.69 Å².